The van der Waals surface area contributed by atoms with Gasteiger partial charge in [0.25, 0.3) is 0 Å². The SMILES string of the molecule is Cc1ccc(CN2C[C@@H]3c4nc(N5CCCC(C)C5)ncc4CS(=O)(=O)[C@@H]3C2)cc1. The Kier molecular flexibility index (Phi) is 5.06. The molecule has 1 unspecified atom stereocenters. The van der Waals surface area contributed by atoms with E-state index in [9.17, 15) is 8.42 Å². The van der Waals surface area contributed by atoms with Crippen molar-refractivity contribution in [3.8, 4) is 0 Å². The molecule has 2 aromatic rings. The number of nitrogens with zero attached hydrogens (tertiary/aromatic N) is 4. The maximum atomic E-state index is 13.0. The number of benzene rings is 1. The Labute approximate surface area is 179 Å². The second kappa shape index (κ2) is 7.61. The van der Waals surface area contributed by atoms with E-state index in [4.69, 9.17) is 4.98 Å². The molecule has 0 bridgehead atoms. The van der Waals surface area contributed by atoms with Gasteiger partial charge in [0.1, 0.15) is 0 Å². The van der Waals surface area contributed by atoms with Crippen LogP contribution in [0.1, 0.15) is 48.1 Å². The van der Waals surface area contributed by atoms with Gasteiger partial charge in [-0.15, -0.1) is 0 Å². The molecule has 0 N–H and O–H groups in total. The number of hydrogen-bond acceptors (Lipinski definition) is 6. The third-order valence-corrected chi connectivity index (χ3v) is 8.98. The Morgan fingerprint density at radius 2 is 1.93 bits per heavy atom. The molecule has 2 saturated heterocycles. The number of aryl methyl sites for hydroxylation is 1. The summed E-state index contributed by atoms with van der Waals surface area (Å²) in [4.78, 5) is 14.1. The molecule has 160 valence electrons. The normalized spacial score (nSPS) is 28.2. The van der Waals surface area contributed by atoms with E-state index in [1.807, 2.05) is 0 Å². The van der Waals surface area contributed by atoms with Crippen LogP contribution in [0.15, 0.2) is 30.5 Å². The van der Waals surface area contributed by atoms with Gasteiger partial charge in [0.05, 0.1) is 16.7 Å². The average molecular weight is 427 g/mol. The lowest BCUT2D eigenvalue weighted by Gasteiger charge is -2.32. The summed E-state index contributed by atoms with van der Waals surface area (Å²) in [5, 5.41) is -0.363. The molecule has 3 aliphatic heterocycles. The van der Waals surface area contributed by atoms with Gasteiger partial charge >= 0.3 is 0 Å². The van der Waals surface area contributed by atoms with E-state index in [-0.39, 0.29) is 16.9 Å². The molecule has 5 rings (SSSR count). The smallest absolute Gasteiger partial charge is 0.225 e. The zero-order valence-corrected chi connectivity index (χ0v) is 18.6. The number of aromatic nitrogens is 2. The van der Waals surface area contributed by atoms with Crippen molar-refractivity contribution in [3.05, 3.63) is 52.8 Å². The summed E-state index contributed by atoms with van der Waals surface area (Å²) < 4.78 is 26.0. The van der Waals surface area contributed by atoms with Gasteiger partial charge in [-0.25, -0.2) is 18.4 Å². The third kappa shape index (κ3) is 3.73. The maximum Gasteiger partial charge on any atom is 0.225 e. The summed E-state index contributed by atoms with van der Waals surface area (Å²) in [6.07, 6.45) is 4.18. The Hall–Kier alpha value is -1.99. The van der Waals surface area contributed by atoms with Gasteiger partial charge in [0, 0.05) is 50.4 Å². The Bertz CT molecular complexity index is 1040. The summed E-state index contributed by atoms with van der Waals surface area (Å²) in [5.74, 6) is 1.42. The van der Waals surface area contributed by atoms with E-state index in [0.717, 1.165) is 49.8 Å². The summed E-state index contributed by atoms with van der Waals surface area (Å²) in [7, 11) is -3.19. The number of likely N-dealkylation sites (tertiary alicyclic amines) is 1. The zero-order chi connectivity index (χ0) is 20.9. The summed E-state index contributed by atoms with van der Waals surface area (Å²) in [6.45, 7) is 8.41. The number of piperidine rings is 1. The number of anilines is 1. The van der Waals surface area contributed by atoms with Crippen molar-refractivity contribution in [3.63, 3.8) is 0 Å². The van der Waals surface area contributed by atoms with Gasteiger partial charge in [-0.1, -0.05) is 36.8 Å². The Morgan fingerprint density at radius 1 is 1.13 bits per heavy atom. The van der Waals surface area contributed by atoms with Crippen LogP contribution in [-0.2, 0) is 22.1 Å². The molecule has 0 spiro atoms. The first kappa shape index (κ1) is 19.9. The topological polar surface area (TPSA) is 66.4 Å². The van der Waals surface area contributed by atoms with Crippen molar-refractivity contribution < 1.29 is 8.42 Å². The van der Waals surface area contributed by atoms with Gasteiger partial charge < -0.3 is 4.90 Å². The van der Waals surface area contributed by atoms with Crippen LogP contribution < -0.4 is 4.90 Å². The quantitative estimate of drug-likeness (QED) is 0.752. The first-order chi connectivity index (χ1) is 14.4. The molecule has 0 radical (unpaired) electrons. The lowest BCUT2D eigenvalue weighted by atomic mass is 9.99. The molecule has 0 aliphatic carbocycles. The fourth-order valence-corrected chi connectivity index (χ4v) is 7.27. The summed E-state index contributed by atoms with van der Waals surface area (Å²) in [5.41, 5.74) is 4.22. The molecule has 2 fully saturated rings. The van der Waals surface area contributed by atoms with E-state index in [1.165, 1.54) is 17.5 Å². The van der Waals surface area contributed by atoms with E-state index in [1.54, 1.807) is 6.20 Å². The largest absolute Gasteiger partial charge is 0.341 e. The Balaban J connectivity index is 1.42. The van der Waals surface area contributed by atoms with Crippen molar-refractivity contribution in [2.24, 2.45) is 5.92 Å². The van der Waals surface area contributed by atoms with Crippen molar-refractivity contribution in [2.75, 3.05) is 31.1 Å². The monoisotopic (exact) mass is 426 g/mol. The molecule has 3 atom stereocenters. The highest BCUT2D eigenvalue weighted by Crippen LogP contribution is 2.40. The maximum absolute atomic E-state index is 13.0. The van der Waals surface area contributed by atoms with Crippen LogP contribution in [0.5, 0.6) is 0 Å². The van der Waals surface area contributed by atoms with Crippen molar-refractivity contribution in [1.82, 2.24) is 14.9 Å². The first-order valence-corrected chi connectivity index (χ1v) is 12.7. The number of sulfone groups is 1. The van der Waals surface area contributed by atoms with Crippen LogP contribution in [0.2, 0.25) is 0 Å². The third-order valence-electron chi connectivity index (χ3n) is 6.86. The minimum Gasteiger partial charge on any atom is -0.341 e. The van der Waals surface area contributed by atoms with Crippen LogP contribution in [0, 0.1) is 12.8 Å². The van der Waals surface area contributed by atoms with Crippen LogP contribution in [0.25, 0.3) is 0 Å². The Morgan fingerprint density at radius 3 is 2.70 bits per heavy atom. The lowest BCUT2D eigenvalue weighted by Crippen LogP contribution is -2.38. The van der Waals surface area contributed by atoms with Gasteiger partial charge in [0.15, 0.2) is 9.84 Å². The molecular formula is C23H30N4O2S. The fourth-order valence-electron chi connectivity index (χ4n) is 5.25. The molecule has 3 aliphatic rings. The highest BCUT2D eigenvalue weighted by atomic mass is 32.2. The van der Waals surface area contributed by atoms with Crippen LogP contribution >= 0.6 is 0 Å². The highest BCUT2D eigenvalue weighted by molar-refractivity contribution is 7.91. The summed E-state index contributed by atoms with van der Waals surface area (Å²) in [6, 6.07) is 8.50. The van der Waals surface area contributed by atoms with Crippen LogP contribution in [0.3, 0.4) is 0 Å². The predicted octanol–water partition coefficient (Wildman–Crippen LogP) is 2.92. The van der Waals surface area contributed by atoms with Gasteiger partial charge in [-0.2, -0.15) is 0 Å². The van der Waals surface area contributed by atoms with Crippen molar-refractivity contribution in [2.45, 2.75) is 50.2 Å². The average Bonchev–Trinajstić information content (AvgIpc) is 3.15. The first-order valence-electron chi connectivity index (χ1n) is 11.0. The lowest BCUT2D eigenvalue weighted by molar-refractivity contribution is 0.326. The van der Waals surface area contributed by atoms with E-state index < -0.39 is 9.84 Å². The number of hydrogen-bond donors (Lipinski definition) is 0. The molecule has 30 heavy (non-hydrogen) atoms. The molecule has 1 aromatic carbocycles. The van der Waals surface area contributed by atoms with Crippen LogP contribution in [-0.4, -0.2) is 54.7 Å². The minimum absolute atomic E-state index is 0.0619. The molecule has 7 heteroatoms. The number of rotatable bonds is 3. The number of fused-ring (bicyclic) bond motifs is 3. The zero-order valence-electron chi connectivity index (χ0n) is 17.8. The second-order valence-corrected chi connectivity index (χ2v) is 11.6. The van der Waals surface area contributed by atoms with Crippen molar-refractivity contribution in [1.29, 1.82) is 0 Å². The van der Waals surface area contributed by atoms with Crippen LogP contribution in [0.4, 0.5) is 5.95 Å². The molecule has 0 amide bonds. The standard InChI is InChI=1S/C23H30N4O2S/c1-16-5-7-18(8-6-16)12-26-13-20-21(14-26)30(28,29)15-19-10-24-23(25-22(19)20)27-9-3-4-17(2)11-27/h5-8,10,17,20-21H,3-4,9,11-15H2,1-2H3/t17?,20-,21+/m0/s1. The van der Waals surface area contributed by atoms with E-state index in [0.29, 0.717) is 12.5 Å². The molecule has 6 nitrogen and oxygen atoms in total. The predicted molar refractivity (Wildman–Crippen MR) is 118 cm³/mol. The molecule has 1 aromatic heterocycles. The second-order valence-electron chi connectivity index (χ2n) is 9.41. The van der Waals surface area contributed by atoms with Gasteiger partial charge in [-0.3, -0.25) is 4.90 Å². The van der Waals surface area contributed by atoms with E-state index >= 15 is 0 Å². The van der Waals surface area contributed by atoms with Crippen molar-refractivity contribution >= 4 is 15.8 Å². The highest BCUT2D eigenvalue weighted by Gasteiger charge is 2.47. The van der Waals surface area contributed by atoms with Gasteiger partial charge in [0.2, 0.25) is 5.95 Å². The molecule has 0 saturated carbocycles. The van der Waals surface area contributed by atoms with Gasteiger partial charge in [-0.05, 0) is 31.2 Å². The fraction of sp³-hybridized carbons (Fsp3) is 0.565. The van der Waals surface area contributed by atoms with E-state index in [2.05, 4.69) is 52.9 Å². The minimum atomic E-state index is -3.19. The molecular weight excluding hydrogens is 396 g/mol. The molecule has 4 heterocycles. The summed E-state index contributed by atoms with van der Waals surface area (Å²) >= 11 is 0.